The molecule has 0 aliphatic carbocycles. The third kappa shape index (κ3) is 2.48. The molecule has 0 amide bonds. The normalized spacial score (nSPS) is 15.3. The molecule has 3 rings (SSSR count). The molecule has 1 N–H and O–H groups in total. The average Bonchev–Trinajstić information content (AvgIpc) is 3.07. The third-order valence-electron chi connectivity index (χ3n) is 4.12. The largest absolute Gasteiger partial charge is 0.314 e. The van der Waals surface area contributed by atoms with Crippen molar-refractivity contribution in [2.75, 3.05) is 0 Å². The van der Waals surface area contributed by atoms with E-state index >= 15 is 0 Å². The molecule has 0 fully saturated rings. The van der Waals surface area contributed by atoms with Gasteiger partial charge in [-0.1, -0.05) is 31.2 Å². The molecule has 0 saturated carbocycles. The highest BCUT2D eigenvalue weighted by Gasteiger charge is 2.20. The molecule has 0 saturated heterocycles. The Morgan fingerprint density at radius 1 is 1.25 bits per heavy atom. The maximum absolute atomic E-state index is 4.34. The van der Waals surface area contributed by atoms with Crippen LogP contribution in [0.3, 0.4) is 0 Å². The average molecular weight is 270 g/mol. The summed E-state index contributed by atoms with van der Waals surface area (Å²) in [5, 5.41) is 12.2. The SMILES string of the molecule is CCc1ccccc1CNC(C)c1nnc2n1CCC2. The highest BCUT2D eigenvalue weighted by Crippen LogP contribution is 2.19. The molecule has 1 unspecified atom stereocenters. The van der Waals surface area contributed by atoms with Crippen LogP contribution < -0.4 is 5.32 Å². The van der Waals surface area contributed by atoms with E-state index in [0.717, 1.165) is 37.6 Å². The van der Waals surface area contributed by atoms with Crippen LogP contribution in [0, 0.1) is 0 Å². The summed E-state index contributed by atoms with van der Waals surface area (Å²) in [7, 11) is 0. The lowest BCUT2D eigenvalue weighted by molar-refractivity contribution is 0.514. The number of aromatic nitrogens is 3. The van der Waals surface area contributed by atoms with Crippen molar-refractivity contribution < 1.29 is 0 Å². The van der Waals surface area contributed by atoms with Gasteiger partial charge in [-0.2, -0.15) is 0 Å². The van der Waals surface area contributed by atoms with Crippen molar-refractivity contribution in [2.45, 2.75) is 52.2 Å². The number of aryl methyl sites for hydroxylation is 2. The molecule has 1 aliphatic heterocycles. The Morgan fingerprint density at radius 3 is 2.85 bits per heavy atom. The van der Waals surface area contributed by atoms with Crippen molar-refractivity contribution in [1.82, 2.24) is 20.1 Å². The van der Waals surface area contributed by atoms with Gasteiger partial charge in [0.2, 0.25) is 0 Å². The Morgan fingerprint density at radius 2 is 2.05 bits per heavy atom. The van der Waals surface area contributed by atoms with Crippen LogP contribution in [0.25, 0.3) is 0 Å². The van der Waals surface area contributed by atoms with E-state index in [4.69, 9.17) is 0 Å². The maximum atomic E-state index is 4.34. The van der Waals surface area contributed by atoms with Crippen LogP contribution in [0.5, 0.6) is 0 Å². The minimum Gasteiger partial charge on any atom is -0.314 e. The fourth-order valence-electron chi connectivity index (χ4n) is 2.92. The molecule has 2 heterocycles. The second-order valence-corrected chi connectivity index (χ2v) is 5.45. The van der Waals surface area contributed by atoms with Gasteiger partial charge in [0.15, 0.2) is 0 Å². The van der Waals surface area contributed by atoms with Gasteiger partial charge in [0.05, 0.1) is 6.04 Å². The van der Waals surface area contributed by atoms with Crippen LogP contribution in [-0.2, 0) is 25.9 Å². The summed E-state index contributed by atoms with van der Waals surface area (Å²) in [5.41, 5.74) is 2.79. The standard InChI is InChI=1S/C16H22N4/c1-3-13-7-4-5-8-14(13)11-17-12(2)16-19-18-15-9-6-10-20(15)16/h4-5,7-8,12,17H,3,6,9-11H2,1-2H3. The van der Waals surface area contributed by atoms with Crippen molar-refractivity contribution in [2.24, 2.45) is 0 Å². The number of hydrogen-bond donors (Lipinski definition) is 1. The van der Waals surface area contributed by atoms with Gasteiger partial charge in [-0.15, -0.1) is 10.2 Å². The Bertz CT molecular complexity index is 588. The molecule has 1 atom stereocenters. The summed E-state index contributed by atoms with van der Waals surface area (Å²) < 4.78 is 2.27. The molecule has 4 heteroatoms. The highest BCUT2D eigenvalue weighted by molar-refractivity contribution is 5.27. The molecule has 106 valence electrons. The number of benzene rings is 1. The smallest absolute Gasteiger partial charge is 0.149 e. The molecule has 2 aromatic rings. The van der Waals surface area contributed by atoms with Gasteiger partial charge < -0.3 is 9.88 Å². The monoisotopic (exact) mass is 270 g/mol. The van der Waals surface area contributed by atoms with Crippen LogP contribution in [0.4, 0.5) is 0 Å². The van der Waals surface area contributed by atoms with E-state index in [1.807, 2.05) is 0 Å². The number of hydrogen-bond acceptors (Lipinski definition) is 3. The van der Waals surface area contributed by atoms with Gasteiger partial charge in [0.1, 0.15) is 11.6 Å². The van der Waals surface area contributed by atoms with E-state index in [-0.39, 0.29) is 6.04 Å². The van der Waals surface area contributed by atoms with Crippen LogP contribution >= 0.6 is 0 Å². The first kappa shape index (κ1) is 13.3. The van der Waals surface area contributed by atoms with Gasteiger partial charge in [-0.25, -0.2) is 0 Å². The van der Waals surface area contributed by atoms with Crippen LogP contribution in [0.15, 0.2) is 24.3 Å². The van der Waals surface area contributed by atoms with Crippen molar-refractivity contribution in [3.8, 4) is 0 Å². The number of fused-ring (bicyclic) bond motifs is 1. The van der Waals surface area contributed by atoms with E-state index in [2.05, 4.69) is 58.2 Å². The quantitative estimate of drug-likeness (QED) is 0.908. The molecule has 1 aromatic heterocycles. The molecule has 1 aliphatic rings. The summed E-state index contributed by atoms with van der Waals surface area (Å²) >= 11 is 0. The first-order valence-corrected chi connectivity index (χ1v) is 7.51. The predicted molar refractivity (Wildman–Crippen MR) is 79.4 cm³/mol. The molecule has 20 heavy (non-hydrogen) atoms. The topological polar surface area (TPSA) is 42.7 Å². The Hall–Kier alpha value is -1.68. The van der Waals surface area contributed by atoms with Crippen molar-refractivity contribution in [1.29, 1.82) is 0 Å². The maximum Gasteiger partial charge on any atom is 0.149 e. The summed E-state index contributed by atoms with van der Waals surface area (Å²) in [5.74, 6) is 2.22. The molecule has 0 spiro atoms. The van der Waals surface area contributed by atoms with Crippen LogP contribution in [0.2, 0.25) is 0 Å². The second kappa shape index (κ2) is 5.75. The Kier molecular flexibility index (Phi) is 3.83. The Balaban J connectivity index is 1.69. The summed E-state index contributed by atoms with van der Waals surface area (Å²) in [6.07, 6.45) is 3.34. The fourth-order valence-corrected chi connectivity index (χ4v) is 2.92. The van der Waals surface area contributed by atoms with E-state index in [9.17, 15) is 0 Å². The summed E-state index contributed by atoms with van der Waals surface area (Å²) in [6, 6.07) is 8.86. The van der Waals surface area contributed by atoms with Gasteiger partial charge in [0.25, 0.3) is 0 Å². The van der Waals surface area contributed by atoms with E-state index in [1.54, 1.807) is 0 Å². The van der Waals surface area contributed by atoms with Crippen molar-refractivity contribution >= 4 is 0 Å². The van der Waals surface area contributed by atoms with E-state index in [0.29, 0.717) is 0 Å². The van der Waals surface area contributed by atoms with E-state index < -0.39 is 0 Å². The molecule has 4 nitrogen and oxygen atoms in total. The zero-order chi connectivity index (χ0) is 13.9. The van der Waals surface area contributed by atoms with Gasteiger partial charge in [0, 0.05) is 19.5 Å². The first-order valence-electron chi connectivity index (χ1n) is 7.51. The van der Waals surface area contributed by atoms with Crippen LogP contribution in [-0.4, -0.2) is 14.8 Å². The third-order valence-corrected chi connectivity index (χ3v) is 4.12. The molecular formula is C16H22N4. The highest BCUT2D eigenvalue weighted by atomic mass is 15.3. The van der Waals surface area contributed by atoms with Gasteiger partial charge >= 0.3 is 0 Å². The zero-order valence-electron chi connectivity index (χ0n) is 12.3. The summed E-state index contributed by atoms with van der Waals surface area (Å²) in [6.45, 7) is 6.32. The minimum absolute atomic E-state index is 0.235. The zero-order valence-corrected chi connectivity index (χ0v) is 12.3. The van der Waals surface area contributed by atoms with Gasteiger partial charge in [-0.05, 0) is 30.9 Å². The molecule has 0 radical (unpaired) electrons. The van der Waals surface area contributed by atoms with E-state index in [1.165, 1.54) is 17.5 Å². The number of nitrogens with zero attached hydrogens (tertiary/aromatic N) is 3. The minimum atomic E-state index is 0.235. The second-order valence-electron chi connectivity index (χ2n) is 5.45. The van der Waals surface area contributed by atoms with Gasteiger partial charge in [-0.3, -0.25) is 0 Å². The number of nitrogens with one attached hydrogen (secondary N) is 1. The first-order chi connectivity index (χ1) is 9.79. The number of rotatable bonds is 5. The fraction of sp³-hybridized carbons (Fsp3) is 0.500. The molecule has 1 aromatic carbocycles. The lowest BCUT2D eigenvalue weighted by Crippen LogP contribution is -2.22. The lowest BCUT2D eigenvalue weighted by atomic mass is 10.1. The van der Waals surface area contributed by atoms with Crippen molar-refractivity contribution in [3.05, 3.63) is 47.0 Å². The Labute approximate surface area is 120 Å². The summed E-state index contributed by atoms with van der Waals surface area (Å²) in [4.78, 5) is 0. The molecular weight excluding hydrogens is 248 g/mol. The van der Waals surface area contributed by atoms with Crippen LogP contribution in [0.1, 0.15) is 49.1 Å². The van der Waals surface area contributed by atoms with Crippen molar-refractivity contribution in [3.63, 3.8) is 0 Å². The predicted octanol–water partition coefficient (Wildman–Crippen LogP) is 2.64. The lowest BCUT2D eigenvalue weighted by Gasteiger charge is -2.15. The molecule has 0 bridgehead atoms.